The first-order chi connectivity index (χ1) is 19.3. The predicted molar refractivity (Wildman–Crippen MR) is 171 cm³/mol. The van der Waals surface area contributed by atoms with Crippen molar-refractivity contribution < 1.29 is 9.68 Å². The molecule has 0 saturated heterocycles. The molecule has 0 aliphatic heterocycles. The number of nitrogens with zero attached hydrogens (tertiary/aromatic N) is 2. The Hall–Kier alpha value is -1.10. The molecular weight excluding hydrogens is 480 g/mol. The molecule has 4 nitrogen and oxygen atoms in total. The second-order valence-corrected chi connectivity index (χ2v) is 11.4. The van der Waals surface area contributed by atoms with E-state index in [2.05, 4.69) is 51.1 Å². The molecule has 0 aliphatic rings. The Morgan fingerprint density at radius 1 is 0.436 bits per heavy atom. The SMILES string of the molecule is CCCCCCCCCCCCCCON(c1ccccc1)N(CCC)OCCCCCCCCCCCC. The highest BCUT2D eigenvalue weighted by atomic mass is 16.8. The van der Waals surface area contributed by atoms with Crippen LogP contribution >= 0.6 is 0 Å². The Balaban J connectivity index is 2.25. The van der Waals surface area contributed by atoms with Gasteiger partial charge in [0.15, 0.2) is 0 Å². The number of unbranched alkanes of at least 4 members (excludes halogenated alkanes) is 20. The van der Waals surface area contributed by atoms with Crippen molar-refractivity contribution in [2.45, 2.75) is 168 Å². The number of anilines is 1. The molecule has 0 radical (unpaired) electrons. The smallest absolute Gasteiger partial charge is 0.0849 e. The summed E-state index contributed by atoms with van der Waals surface area (Å²) in [4.78, 5) is 12.6. The maximum Gasteiger partial charge on any atom is 0.0849 e. The van der Waals surface area contributed by atoms with Crippen molar-refractivity contribution in [1.29, 1.82) is 0 Å². The molecule has 39 heavy (non-hydrogen) atoms. The van der Waals surface area contributed by atoms with Crippen LogP contribution in [0.25, 0.3) is 0 Å². The molecule has 0 bridgehead atoms. The third-order valence-electron chi connectivity index (χ3n) is 7.54. The molecule has 4 heteroatoms. The molecule has 0 aliphatic carbocycles. The summed E-state index contributed by atoms with van der Waals surface area (Å²) in [7, 11) is 0. The molecule has 1 aromatic rings. The number of para-hydroxylation sites is 1. The van der Waals surface area contributed by atoms with Crippen LogP contribution in [0, 0.1) is 0 Å². The van der Waals surface area contributed by atoms with Crippen LogP contribution in [0.1, 0.15) is 168 Å². The van der Waals surface area contributed by atoms with E-state index in [0.29, 0.717) is 0 Å². The molecule has 1 rings (SSSR count). The van der Waals surface area contributed by atoms with Gasteiger partial charge in [-0.05, 0) is 31.4 Å². The number of hydrazine groups is 1. The normalized spacial score (nSPS) is 11.5. The fourth-order valence-electron chi connectivity index (χ4n) is 5.08. The lowest BCUT2D eigenvalue weighted by Crippen LogP contribution is -2.43. The summed E-state index contributed by atoms with van der Waals surface area (Å²) in [5, 5.41) is 3.85. The average molecular weight is 547 g/mol. The Morgan fingerprint density at radius 2 is 0.821 bits per heavy atom. The van der Waals surface area contributed by atoms with Crippen molar-refractivity contribution in [2.75, 3.05) is 24.9 Å². The first-order valence-corrected chi connectivity index (χ1v) is 17.2. The van der Waals surface area contributed by atoms with E-state index in [9.17, 15) is 0 Å². The van der Waals surface area contributed by atoms with Gasteiger partial charge in [-0.1, -0.05) is 173 Å². The van der Waals surface area contributed by atoms with Gasteiger partial charge in [0.1, 0.15) is 0 Å². The second kappa shape index (κ2) is 28.4. The highest BCUT2D eigenvalue weighted by Gasteiger charge is 2.17. The van der Waals surface area contributed by atoms with Gasteiger partial charge in [0.05, 0.1) is 18.9 Å². The number of benzene rings is 1. The molecule has 0 N–H and O–H groups in total. The first kappa shape index (κ1) is 35.9. The van der Waals surface area contributed by atoms with Crippen LogP contribution in [-0.2, 0) is 9.68 Å². The van der Waals surface area contributed by atoms with Gasteiger partial charge >= 0.3 is 0 Å². The van der Waals surface area contributed by atoms with Crippen LogP contribution in [-0.4, -0.2) is 24.9 Å². The standard InChI is InChI=1S/C35H66N2O2/c1-4-7-9-11-13-15-17-18-20-22-24-29-34-39-37(35-30-26-25-27-31-35)36(32-6-3)38-33-28-23-21-19-16-14-12-10-8-5-2/h25-27,30-31H,4-24,28-29,32-34H2,1-3H3. The van der Waals surface area contributed by atoms with Crippen molar-refractivity contribution in [3.63, 3.8) is 0 Å². The van der Waals surface area contributed by atoms with Crippen LogP contribution in [0.3, 0.4) is 0 Å². The molecule has 0 fully saturated rings. The Morgan fingerprint density at radius 3 is 1.23 bits per heavy atom. The van der Waals surface area contributed by atoms with E-state index >= 15 is 0 Å². The predicted octanol–water partition coefficient (Wildman–Crippen LogP) is 11.6. The third-order valence-corrected chi connectivity index (χ3v) is 7.54. The van der Waals surface area contributed by atoms with E-state index in [1.165, 1.54) is 128 Å². The topological polar surface area (TPSA) is 24.9 Å². The Labute approximate surface area is 244 Å². The summed E-state index contributed by atoms with van der Waals surface area (Å²) in [6.07, 6.45) is 30.7. The van der Waals surface area contributed by atoms with Crippen LogP contribution in [0.15, 0.2) is 30.3 Å². The molecule has 0 unspecified atom stereocenters. The average Bonchev–Trinajstić information content (AvgIpc) is 2.96. The van der Waals surface area contributed by atoms with Crippen molar-refractivity contribution in [3.8, 4) is 0 Å². The highest BCUT2D eigenvalue weighted by molar-refractivity contribution is 5.41. The molecule has 0 amide bonds. The van der Waals surface area contributed by atoms with Crippen LogP contribution in [0.4, 0.5) is 5.69 Å². The Kier molecular flexibility index (Phi) is 26.2. The second-order valence-electron chi connectivity index (χ2n) is 11.4. The molecule has 0 aromatic heterocycles. The van der Waals surface area contributed by atoms with Gasteiger partial charge in [0, 0.05) is 6.54 Å². The van der Waals surface area contributed by atoms with Crippen molar-refractivity contribution in [2.24, 2.45) is 0 Å². The summed E-state index contributed by atoms with van der Waals surface area (Å²) in [5.74, 6) is 0. The zero-order valence-electron chi connectivity index (χ0n) is 26.5. The third kappa shape index (κ3) is 21.3. The van der Waals surface area contributed by atoms with Crippen molar-refractivity contribution in [3.05, 3.63) is 30.3 Å². The van der Waals surface area contributed by atoms with E-state index in [4.69, 9.17) is 9.68 Å². The van der Waals surface area contributed by atoms with E-state index in [1.807, 2.05) is 10.3 Å². The molecule has 1 aromatic carbocycles. The van der Waals surface area contributed by atoms with Crippen molar-refractivity contribution >= 4 is 5.69 Å². The van der Waals surface area contributed by atoms with Crippen LogP contribution < -0.4 is 5.17 Å². The molecular formula is C35H66N2O2. The number of hydrogen-bond acceptors (Lipinski definition) is 4. The van der Waals surface area contributed by atoms with Gasteiger partial charge in [0.25, 0.3) is 0 Å². The van der Waals surface area contributed by atoms with Gasteiger partial charge in [-0.15, -0.1) is 0 Å². The molecule has 0 saturated carbocycles. The molecule has 228 valence electrons. The lowest BCUT2D eigenvalue weighted by molar-refractivity contribution is -0.226. The number of hydrogen-bond donors (Lipinski definition) is 0. The van der Waals surface area contributed by atoms with Crippen LogP contribution in [0.2, 0.25) is 0 Å². The number of rotatable bonds is 30. The quantitative estimate of drug-likeness (QED) is 0.0707. The maximum atomic E-state index is 6.32. The van der Waals surface area contributed by atoms with Crippen LogP contribution in [0.5, 0.6) is 0 Å². The fraction of sp³-hybridized carbons (Fsp3) is 0.829. The lowest BCUT2D eigenvalue weighted by atomic mass is 10.1. The van der Waals surface area contributed by atoms with Gasteiger partial charge in [-0.3, -0.25) is 9.68 Å². The van der Waals surface area contributed by atoms with Gasteiger partial charge in [-0.2, -0.15) is 5.17 Å². The van der Waals surface area contributed by atoms with Gasteiger partial charge in [-0.25, -0.2) is 0 Å². The summed E-state index contributed by atoms with van der Waals surface area (Å²) in [6.45, 7) is 9.08. The van der Waals surface area contributed by atoms with E-state index in [-0.39, 0.29) is 0 Å². The summed E-state index contributed by atoms with van der Waals surface area (Å²) < 4.78 is 0. The largest absolute Gasteiger partial charge is 0.277 e. The zero-order valence-corrected chi connectivity index (χ0v) is 26.5. The summed E-state index contributed by atoms with van der Waals surface area (Å²) in [6, 6.07) is 10.4. The first-order valence-electron chi connectivity index (χ1n) is 17.2. The zero-order chi connectivity index (χ0) is 28.1. The molecule has 0 atom stereocenters. The minimum absolute atomic E-state index is 0.730. The monoisotopic (exact) mass is 547 g/mol. The van der Waals surface area contributed by atoms with Gasteiger partial charge < -0.3 is 0 Å². The summed E-state index contributed by atoms with van der Waals surface area (Å²) >= 11 is 0. The van der Waals surface area contributed by atoms with E-state index in [1.54, 1.807) is 0 Å². The van der Waals surface area contributed by atoms with E-state index < -0.39 is 0 Å². The Bertz CT molecular complexity index is 598. The highest BCUT2D eigenvalue weighted by Crippen LogP contribution is 2.19. The molecule has 0 heterocycles. The number of hydroxylamine groups is 1. The fourth-order valence-corrected chi connectivity index (χ4v) is 5.08. The minimum atomic E-state index is 0.730. The lowest BCUT2D eigenvalue weighted by Gasteiger charge is -2.33. The minimum Gasteiger partial charge on any atom is -0.277 e. The molecule has 0 spiro atoms. The van der Waals surface area contributed by atoms with Crippen molar-refractivity contribution in [1.82, 2.24) is 5.17 Å². The van der Waals surface area contributed by atoms with Gasteiger partial charge in [0.2, 0.25) is 0 Å². The maximum absolute atomic E-state index is 6.32. The summed E-state index contributed by atoms with van der Waals surface area (Å²) in [5.41, 5.74) is 1.04. The van der Waals surface area contributed by atoms with E-state index in [0.717, 1.165) is 44.7 Å².